The van der Waals surface area contributed by atoms with Gasteiger partial charge in [0.15, 0.2) is 0 Å². The molecule has 0 aliphatic carbocycles. The molecule has 1 aliphatic heterocycles. The van der Waals surface area contributed by atoms with Gasteiger partial charge in [-0.25, -0.2) is 4.98 Å². The van der Waals surface area contributed by atoms with Crippen LogP contribution in [0.4, 0.5) is 10.8 Å². The molecule has 0 radical (unpaired) electrons. The molecule has 1 atom stereocenters. The minimum Gasteiger partial charge on any atom is -0.495 e. The normalized spacial score (nSPS) is 16.1. The molecular weight excluding hydrogens is 430 g/mol. The van der Waals surface area contributed by atoms with Crippen molar-refractivity contribution in [2.45, 2.75) is 25.8 Å². The average molecular weight is 450 g/mol. The predicted molar refractivity (Wildman–Crippen MR) is 115 cm³/mol. The Balaban J connectivity index is 1.61. The van der Waals surface area contributed by atoms with Crippen LogP contribution in [0.3, 0.4) is 0 Å². The third kappa shape index (κ3) is 3.68. The monoisotopic (exact) mass is 449 g/mol. The van der Waals surface area contributed by atoms with Gasteiger partial charge in [0.25, 0.3) is 5.56 Å². The molecule has 3 aromatic rings. The summed E-state index contributed by atoms with van der Waals surface area (Å²) in [6.07, 6.45) is 1.49. The van der Waals surface area contributed by atoms with E-state index in [1.807, 2.05) is 4.90 Å². The number of amides is 1. The highest BCUT2D eigenvalue weighted by molar-refractivity contribution is 7.20. The molecule has 0 spiro atoms. The highest BCUT2D eigenvalue weighted by Crippen LogP contribution is 2.37. The Morgan fingerprint density at radius 1 is 1.27 bits per heavy atom. The predicted octanol–water partition coefficient (Wildman–Crippen LogP) is 2.74. The van der Waals surface area contributed by atoms with Gasteiger partial charge in [0.1, 0.15) is 17.5 Å². The van der Waals surface area contributed by atoms with Crippen LogP contribution in [0.5, 0.6) is 11.5 Å². The number of hydrogen-bond donors (Lipinski definition) is 1. The van der Waals surface area contributed by atoms with Crippen LogP contribution in [0.2, 0.25) is 5.02 Å². The van der Waals surface area contributed by atoms with Crippen LogP contribution in [-0.4, -0.2) is 47.3 Å². The lowest BCUT2D eigenvalue weighted by Crippen LogP contribution is -2.39. The Morgan fingerprint density at radius 2 is 2.03 bits per heavy atom. The second-order valence-electron chi connectivity index (χ2n) is 6.84. The lowest BCUT2D eigenvalue weighted by atomic mass is 10.2. The van der Waals surface area contributed by atoms with Crippen molar-refractivity contribution >= 4 is 44.6 Å². The fourth-order valence-electron chi connectivity index (χ4n) is 3.47. The van der Waals surface area contributed by atoms with Crippen LogP contribution in [0, 0.1) is 6.92 Å². The summed E-state index contributed by atoms with van der Waals surface area (Å²) in [6, 6.07) is 4.22. The zero-order valence-electron chi connectivity index (χ0n) is 16.6. The largest absolute Gasteiger partial charge is 0.495 e. The lowest BCUT2D eigenvalue weighted by Gasteiger charge is -2.23. The number of nitrogens with one attached hydrogen (secondary N) is 1. The molecule has 1 aromatic carbocycles. The summed E-state index contributed by atoms with van der Waals surface area (Å²) < 4.78 is 11.8. The van der Waals surface area contributed by atoms with E-state index in [9.17, 15) is 9.59 Å². The van der Waals surface area contributed by atoms with Gasteiger partial charge in [-0.05, 0) is 25.8 Å². The number of benzene rings is 1. The number of aryl methyl sites for hydroxylation is 1. The summed E-state index contributed by atoms with van der Waals surface area (Å²) in [5, 5.41) is 8.24. The molecule has 4 rings (SSSR count). The molecule has 11 heteroatoms. The SMILES string of the molecule is COc1cc(OC)c(NC(=O)[C@H]2CCCN2c2nn3c(=O)cc(C)nc3s2)cc1Cl. The second-order valence-corrected chi connectivity index (χ2v) is 8.18. The van der Waals surface area contributed by atoms with Gasteiger partial charge in [-0.1, -0.05) is 22.9 Å². The minimum atomic E-state index is -0.437. The topological polar surface area (TPSA) is 98.1 Å². The van der Waals surface area contributed by atoms with E-state index in [-0.39, 0.29) is 11.5 Å². The Kier molecular flexibility index (Phi) is 5.52. The van der Waals surface area contributed by atoms with Crippen LogP contribution in [0.25, 0.3) is 4.96 Å². The highest BCUT2D eigenvalue weighted by Gasteiger charge is 2.33. The first-order chi connectivity index (χ1) is 14.4. The van der Waals surface area contributed by atoms with Gasteiger partial charge < -0.3 is 19.7 Å². The summed E-state index contributed by atoms with van der Waals surface area (Å²) >= 11 is 7.50. The van der Waals surface area contributed by atoms with Gasteiger partial charge >= 0.3 is 0 Å². The smallest absolute Gasteiger partial charge is 0.275 e. The molecule has 0 unspecified atom stereocenters. The number of carbonyl (C=O) groups is 1. The fraction of sp³-hybridized carbons (Fsp3) is 0.368. The summed E-state index contributed by atoms with van der Waals surface area (Å²) in [5.41, 5.74) is 0.852. The van der Waals surface area contributed by atoms with Crippen molar-refractivity contribution in [1.29, 1.82) is 0 Å². The summed E-state index contributed by atoms with van der Waals surface area (Å²) in [5.74, 6) is 0.694. The van der Waals surface area contributed by atoms with Crippen LogP contribution in [-0.2, 0) is 4.79 Å². The summed E-state index contributed by atoms with van der Waals surface area (Å²) in [7, 11) is 3.02. The highest BCUT2D eigenvalue weighted by atomic mass is 35.5. The summed E-state index contributed by atoms with van der Waals surface area (Å²) in [6.45, 7) is 2.42. The van der Waals surface area contributed by atoms with Gasteiger partial charge in [-0.2, -0.15) is 4.52 Å². The average Bonchev–Trinajstić information content (AvgIpc) is 3.35. The van der Waals surface area contributed by atoms with Crippen molar-refractivity contribution in [1.82, 2.24) is 14.6 Å². The van der Waals surface area contributed by atoms with Gasteiger partial charge in [0.2, 0.25) is 16.0 Å². The van der Waals surface area contributed by atoms with Gasteiger partial charge in [0.05, 0.1) is 24.9 Å². The zero-order chi connectivity index (χ0) is 21.4. The standard InChI is InChI=1S/C19H20ClN5O4S/c1-10-7-16(26)25-18(21-10)30-19(23-25)24-6-4-5-13(24)17(27)22-12-8-11(20)14(28-2)9-15(12)29-3/h7-9,13H,4-6H2,1-3H3,(H,22,27)/t13-/m1/s1. The molecule has 2 aromatic heterocycles. The first-order valence-corrected chi connectivity index (χ1v) is 10.5. The number of nitrogens with zero attached hydrogens (tertiary/aromatic N) is 4. The maximum Gasteiger partial charge on any atom is 0.275 e. The first-order valence-electron chi connectivity index (χ1n) is 9.28. The Bertz CT molecular complexity index is 1180. The van der Waals surface area contributed by atoms with E-state index in [1.54, 1.807) is 19.1 Å². The molecule has 1 N–H and O–H groups in total. The number of anilines is 2. The number of ether oxygens (including phenoxy) is 2. The van der Waals surface area contributed by atoms with Crippen LogP contribution < -0.4 is 25.2 Å². The van der Waals surface area contributed by atoms with Crippen molar-refractivity contribution in [3.05, 3.63) is 39.3 Å². The van der Waals surface area contributed by atoms with E-state index in [2.05, 4.69) is 15.4 Å². The third-order valence-electron chi connectivity index (χ3n) is 4.90. The van der Waals surface area contributed by atoms with Crippen molar-refractivity contribution in [2.75, 3.05) is 31.0 Å². The fourth-order valence-corrected chi connectivity index (χ4v) is 4.74. The van der Waals surface area contributed by atoms with Crippen molar-refractivity contribution in [3.63, 3.8) is 0 Å². The Hall–Kier alpha value is -2.85. The Labute approximate surface area is 181 Å². The molecule has 9 nitrogen and oxygen atoms in total. The number of methoxy groups -OCH3 is 2. The molecule has 1 saturated heterocycles. The Morgan fingerprint density at radius 3 is 2.77 bits per heavy atom. The van der Waals surface area contributed by atoms with E-state index in [1.165, 1.54) is 36.1 Å². The van der Waals surface area contributed by atoms with Gasteiger partial charge in [-0.15, -0.1) is 5.10 Å². The maximum absolute atomic E-state index is 13.1. The number of halogens is 1. The molecule has 1 aliphatic rings. The molecule has 1 fully saturated rings. The first kappa shape index (κ1) is 20.4. The number of fused-ring (bicyclic) bond motifs is 1. The van der Waals surface area contributed by atoms with Crippen molar-refractivity contribution in [2.24, 2.45) is 0 Å². The number of rotatable bonds is 5. The van der Waals surface area contributed by atoms with E-state index in [0.717, 1.165) is 6.42 Å². The summed E-state index contributed by atoms with van der Waals surface area (Å²) in [4.78, 5) is 32.0. The van der Waals surface area contributed by atoms with Crippen molar-refractivity contribution < 1.29 is 14.3 Å². The molecule has 3 heterocycles. The van der Waals surface area contributed by atoms with E-state index in [0.29, 0.717) is 51.0 Å². The van der Waals surface area contributed by atoms with E-state index >= 15 is 0 Å². The quantitative estimate of drug-likeness (QED) is 0.639. The molecule has 0 saturated carbocycles. The van der Waals surface area contributed by atoms with Gasteiger partial charge in [-0.3, -0.25) is 9.59 Å². The second kappa shape index (κ2) is 8.11. The molecule has 0 bridgehead atoms. The van der Waals surface area contributed by atoms with E-state index < -0.39 is 6.04 Å². The van der Waals surface area contributed by atoms with E-state index in [4.69, 9.17) is 21.1 Å². The van der Waals surface area contributed by atoms with Crippen molar-refractivity contribution in [3.8, 4) is 11.5 Å². The molecule has 1 amide bonds. The van der Waals surface area contributed by atoms with Crippen LogP contribution >= 0.6 is 22.9 Å². The maximum atomic E-state index is 13.1. The lowest BCUT2D eigenvalue weighted by molar-refractivity contribution is -0.117. The number of aromatic nitrogens is 3. The number of hydrogen-bond acceptors (Lipinski definition) is 8. The zero-order valence-corrected chi connectivity index (χ0v) is 18.2. The third-order valence-corrected chi connectivity index (χ3v) is 6.14. The van der Waals surface area contributed by atoms with Gasteiger partial charge in [0, 0.05) is 24.4 Å². The molecule has 158 valence electrons. The number of carbonyl (C=O) groups excluding carboxylic acids is 1. The molecular formula is C19H20ClN5O4S. The minimum absolute atomic E-state index is 0.206. The molecule has 30 heavy (non-hydrogen) atoms. The van der Waals surface area contributed by atoms with Crippen LogP contribution in [0.1, 0.15) is 18.5 Å². The van der Waals surface area contributed by atoms with Crippen LogP contribution in [0.15, 0.2) is 23.0 Å².